The van der Waals surface area contributed by atoms with Crippen molar-refractivity contribution in [2.75, 3.05) is 5.32 Å². The highest BCUT2D eigenvalue weighted by Crippen LogP contribution is 2.22. The van der Waals surface area contributed by atoms with Crippen LogP contribution in [0.15, 0.2) is 22.7 Å². The van der Waals surface area contributed by atoms with Gasteiger partial charge in [-0.25, -0.2) is 9.78 Å². The number of rotatable bonds is 3. The minimum atomic E-state index is -1.15. The van der Waals surface area contributed by atoms with Crippen LogP contribution < -0.4 is 5.32 Å². The van der Waals surface area contributed by atoms with Gasteiger partial charge in [-0.2, -0.15) is 0 Å². The van der Waals surface area contributed by atoms with Crippen molar-refractivity contribution in [3.05, 3.63) is 46.7 Å². The van der Waals surface area contributed by atoms with Crippen LogP contribution in [0.2, 0.25) is 0 Å². The number of carbonyl (C=O) groups excluding carboxylic acids is 1. The lowest BCUT2D eigenvalue weighted by molar-refractivity contribution is 0.0690. The minimum Gasteiger partial charge on any atom is -0.477 e. The smallest absolute Gasteiger partial charge is 0.354 e. The highest BCUT2D eigenvalue weighted by atomic mass is 16.4. The quantitative estimate of drug-likeness (QED) is 0.897. The van der Waals surface area contributed by atoms with Gasteiger partial charge >= 0.3 is 5.97 Å². The molecule has 104 valence electrons. The van der Waals surface area contributed by atoms with E-state index in [4.69, 9.17) is 9.52 Å². The number of carboxylic acid groups (broad SMARTS) is 1. The van der Waals surface area contributed by atoms with Crippen molar-refractivity contribution in [1.29, 1.82) is 0 Å². The van der Waals surface area contributed by atoms with Gasteiger partial charge in [0.05, 0.1) is 5.56 Å². The molecule has 1 amide bonds. The van der Waals surface area contributed by atoms with Crippen LogP contribution in [0.3, 0.4) is 0 Å². The lowest BCUT2D eigenvalue weighted by atomic mass is 10.1. The van der Waals surface area contributed by atoms with Gasteiger partial charge in [-0.1, -0.05) is 0 Å². The van der Waals surface area contributed by atoms with E-state index in [-0.39, 0.29) is 11.6 Å². The van der Waals surface area contributed by atoms with Gasteiger partial charge in [-0.05, 0) is 32.9 Å². The number of hydrogen-bond donors (Lipinski definition) is 2. The molecule has 0 aliphatic heterocycles. The zero-order chi connectivity index (χ0) is 14.9. The Morgan fingerprint density at radius 1 is 1.25 bits per heavy atom. The predicted molar refractivity (Wildman–Crippen MR) is 72.1 cm³/mol. The lowest BCUT2D eigenvalue weighted by Crippen LogP contribution is -2.14. The molecule has 0 aliphatic carbocycles. The van der Waals surface area contributed by atoms with Gasteiger partial charge in [-0.3, -0.25) is 4.79 Å². The first-order valence-corrected chi connectivity index (χ1v) is 5.97. The van der Waals surface area contributed by atoms with Crippen LogP contribution >= 0.6 is 0 Å². The molecule has 0 aromatic carbocycles. The summed E-state index contributed by atoms with van der Waals surface area (Å²) in [6, 6.07) is 2.83. The molecule has 0 unspecified atom stereocenters. The van der Waals surface area contributed by atoms with E-state index in [1.807, 2.05) is 0 Å². The number of anilines is 1. The van der Waals surface area contributed by atoms with E-state index < -0.39 is 5.97 Å². The second-order valence-corrected chi connectivity index (χ2v) is 4.40. The topological polar surface area (TPSA) is 92.4 Å². The molecule has 2 aromatic rings. The van der Waals surface area contributed by atoms with Gasteiger partial charge < -0.3 is 14.8 Å². The maximum Gasteiger partial charge on any atom is 0.354 e. The summed E-state index contributed by atoms with van der Waals surface area (Å²) in [5.41, 5.74) is 1.49. The Morgan fingerprint density at radius 3 is 2.50 bits per heavy atom. The predicted octanol–water partition coefficient (Wildman–Crippen LogP) is 2.55. The number of amides is 1. The number of aromatic carboxylic acids is 1. The average Bonchev–Trinajstić information content (AvgIpc) is 2.63. The lowest BCUT2D eigenvalue weighted by Gasteiger charge is -2.05. The number of aryl methyl sites for hydroxylation is 2. The molecule has 0 radical (unpaired) electrons. The highest BCUT2D eigenvalue weighted by molar-refractivity contribution is 6.06. The molecule has 6 heteroatoms. The molecule has 2 heterocycles. The number of aromatic nitrogens is 1. The van der Waals surface area contributed by atoms with Crippen LogP contribution in [-0.4, -0.2) is 22.0 Å². The third kappa shape index (κ3) is 2.54. The molecular weight excluding hydrogens is 260 g/mol. The van der Waals surface area contributed by atoms with Crippen molar-refractivity contribution in [2.45, 2.75) is 20.8 Å². The average molecular weight is 274 g/mol. The summed E-state index contributed by atoms with van der Waals surface area (Å²) in [7, 11) is 0. The third-order valence-electron chi connectivity index (χ3n) is 3.03. The summed E-state index contributed by atoms with van der Waals surface area (Å²) >= 11 is 0. The zero-order valence-corrected chi connectivity index (χ0v) is 11.4. The maximum atomic E-state index is 12.2. The van der Waals surface area contributed by atoms with Crippen molar-refractivity contribution in [3.8, 4) is 0 Å². The summed E-state index contributed by atoms with van der Waals surface area (Å²) in [6.45, 7) is 5.30. The summed E-state index contributed by atoms with van der Waals surface area (Å²) in [5.74, 6) is -0.259. The van der Waals surface area contributed by atoms with Gasteiger partial charge in [0, 0.05) is 17.4 Å². The second-order valence-electron chi connectivity index (χ2n) is 4.40. The molecule has 2 aromatic heterocycles. The van der Waals surface area contributed by atoms with E-state index in [0.29, 0.717) is 22.8 Å². The number of furan rings is 1. The standard InChI is InChI=1S/C14H14N2O4/c1-7-8(2)20-9(3)12(7)13(17)16-10-4-5-15-11(6-10)14(18)19/h4-6H,1-3H3,(H,18,19)(H,15,16,17). The minimum absolute atomic E-state index is 0.125. The summed E-state index contributed by atoms with van der Waals surface area (Å²) < 4.78 is 5.40. The molecule has 0 fully saturated rings. The molecule has 0 atom stereocenters. The highest BCUT2D eigenvalue weighted by Gasteiger charge is 2.19. The molecule has 20 heavy (non-hydrogen) atoms. The largest absolute Gasteiger partial charge is 0.477 e. The van der Waals surface area contributed by atoms with E-state index in [1.54, 1.807) is 20.8 Å². The number of carbonyl (C=O) groups is 2. The summed E-state index contributed by atoms with van der Waals surface area (Å²) in [6.07, 6.45) is 1.33. The molecule has 0 saturated heterocycles. The first-order valence-electron chi connectivity index (χ1n) is 5.97. The van der Waals surface area contributed by atoms with Gasteiger partial charge in [0.2, 0.25) is 0 Å². The molecule has 0 saturated carbocycles. The third-order valence-corrected chi connectivity index (χ3v) is 3.03. The van der Waals surface area contributed by atoms with E-state index in [9.17, 15) is 9.59 Å². The van der Waals surface area contributed by atoms with Crippen molar-refractivity contribution in [3.63, 3.8) is 0 Å². The van der Waals surface area contributed by atoms with E-state index in [1.165, 1.54) is 18.3 Å². The molecule has 6 nitrogen and oxygen atoms in total. The Labute approximate surface area is 115 Å². The Morgan fingerprint density at radius 2 is 1.95 bits per heavy atom. The van der Waals surface area contributed by atoms with Crippen LogP contribution in [0, 0.1) is 20.8 Å². The fraction of sp³-hybridized carbons (Fsp3) is 0.214. The second kappa shape index (κ2) is 5.16. The number of carboxylic acids is 1. The van der Waals surface area contributed by atoms with E-state index in [0.717, 1.165) is 5.56 Å². The molecule has 0 bridgehead atoms. The fourth-order valence-corrected chi connectivity index (χ4v) is 1.95. The number of nitrogens with one attached hydrogen (secondary N) is 1. The first-order chi connectivity index (χ1) is 9.40. The molecule has 2 N–H and O–H groups in total. The summed E-state index contributed by atoms with van der Waals surface area (Å²) in [5, 5.41) is 11.5. The Kier molecular flexibility index (Phi) is 3.56. The van der Waals surface area contributed by atoms with Gasteiger partial charge in [0.15, 0.2) is 0 Å². The van der Waals surface area contributed by atoms with E-state index >= 15 is 0 Å². The summed E-state index contributed by atoms with van der Waals surface area (Å²) in [4.78, 5) is 26.7. The van der Waals surface area contributed by atoms with Crippen LogP contribution in [-0.2, 0) is 0 Å². The Balaban J connectivity index is 2.28. The van der Waals surface area contributed by atoms with Crippen LogP contribution in [0.5, 0.6) is 0 Å². The normalized spacial score (nSPS) is 10.3. The van der Waals surface area contributed by atoms with Crippen molar-refractivity contribution in [1.82, 2.24) is 4.98 Å². The molecule has 2 rings (SSSR count). The van der Waals surface area contributed by atoms with Gasteiger partial charge in [0.25, 0.3) is 5.91 Å². The van der Waals surface area contributed by atoms with Gasteiger partial charge in [0.1, 0.15) is 17.2 Å². The SMILES string of the molecule is Cc1oc(C)c(C(=O)Nc2ccnc(C(=O)O)c2)c1C. The zero-order valence-electron chi connectivity index (χ0n) is 11.4. The van der Waals surface area contributed by atoms with Crippen LogP contribution in [0.25, 0.3) is 0 Å². The monoisotopic (exact) mass is 274 g/mol. The van der Waals surface area contributed by atoms with Crippen molar-refractivity contribution < 1.29 is 19.1 Å². The van der Waals surface area contributed by atoms with Crippen molar-refractivity contribution >= 4 is 17.6 Å². The van der Waals surface area contributed by atoms with Crippen LogP contribution in [0.4, 0.5) is 5.69 Å². The fourth-order valence-electron chi connectivity index (χ4n) is 1.95. The Hall–Kier alpha value is -2.63. The van der Waals surface area contributed by atoms with Crippen LogP contribution in [0.1, 0.15) is 37.9 Å². The molecule has 0 spiro atoms. The molecular formula is C14H14N2O4. The first kappa shape index (κ1) is 13.8. The van der Waals surface area contributed by atoms with Gasteiger partial charge in [-0.15, -0.1) is 0 Å². The number of hydrogen-bond acceptors (Lipinski definition) is 4. The maximum absolute atomic E-state index is 12.2. The number of nitrogens with zero attached hydrogens (tertiary/aromatic N) is 1. The Bertz CT molecular complexity index is 688. The van der Waals surface area contributed by atoms with Crippen molar-refractivity contribution in [2.24, 2.45) is 0 Å². The van der Waals surface area contributed by atoms with E-state index in [2.05, 4.69) is 10.3 Å². The molecule has 0 aliphatic rings. The number of pyridine rings is 1.